The Morgan fingerprint density at radius 1 is 1.32 bits per heavy atom. The van der Waals surface area contributed by atoms with E-state index in [-0.39, 0.29) is 18.6 Å². The van der Waals surface area contributed by atoms with Crippen LogP contribution < -0.4 is 0 Å². The van der Waals surface area contributed by atoms with Crippen LogP contribution >= 0.6 is 11.6 Å². The van der Waals surface area contributed by atoms with Crippen LogP contribution in [-0.4, -0.2) is 35.1 Å². The highest BCUT2D eigenvalue weighted by molar-refractivity contribution is 6.31. The van der Waals surface area contributed by atoms with Gasteiger partial charge in [-0.2, -0.15) is 0 Å². The summed E-state index contributed by atoms with van der Waals surface area (Å²) in [7, 11) is 0. The fourth-order valence-electron chi connectivity index (χ4n) is 2.31. The van der Waals surface area contributed by atoms with Gasteiger partial charge >= 0.3 is 0 Å². The Morgan fingerprint density at radius 3 is 2.42 bits per heavy atom. The van der Waals surface area contributed by atoms with Crippen molar-refractivity contribution in [3.63, 3.8) is 0 Å². The summed E-state index contributed by atoms with van der Waals surface area (Å²) in [4.78, 5) is 14.3. The van der Waals surface area contributed by atoms with Crippen LogP contribution in [0.5, 0.6) is 0 Å². The molecule has 0 aliphatic rings. The second kappa shape index (κ2) is 7.51. The number of amides is 1. The van der Waals surface area contributed by atoms with Crippen molar-refractivity contribution in [1.82, 2.24) is 4.90 Å². The summed E-state index contributed by atoms with van der Waals surface area (Å²) in [6, 6.07) is 5.50. The lowest BCUT2D eigenvalue weighted by atomic mass is 10.1. The van der Waals surface area contributed by atoms with Gasteiger partial charge in [0.05, 0.1) is 6.61 Å². The first-order valence-corrected chi connectivity index (χ1v) is 7.10. The van der Waals surface area contributed by atoms with Crippen LogP contribution in [0.2, 0.25) is 5.02 Å². The average Bonchev–Trinajstić information content (AvgIpc) is 2.37. The number of benzene rings is 1. The molecule has 0 aliphatic carbocycles. The molecule has 3 nitrogen and oxygen atoms in total. The van der Waals surface area contributed by atoms with Crippen molar-refractivity contribution in [1.29, 1.82) is 0 Å². The number of rotatable bonds is 6. The van der Waals surface area contributed by atoms with Gasteiger partial charge in [0.2, 0.25) is 0 Å². The quantitative estimate of drug-likeness (QED) is 0.870. The van der Waals surface area contributed by atoms with Crippen LogP contribution in [0.4, 0.5) is 0 Å². The number of hydrogen-bond acceptors (Lipinski definition) is 2. The maximum atomic E-state index is 12.6. The normalized spacial score (nSPS) is 10.8. The van der Waals surface area contributed by atoms with Gasteiger partial charge in [-0.25, -0.2) is 0 Å². The van der Waals surface area contributed by atoms with Gasteiger partial charge < -0.3 is 10.0 Å². The average molecular weight is 284 g/mol. The van der Waals surface area contributed by atoms with Gasteiger partial charge in [0, 0.05) is 23.2 Å². The van der Waals surface area contributed by atoms with Gasteiger partial charge in [-0.05, 0) is 43.5 Å². The Morgan fingerprint density at radius 2 is 1.95 bits per heavy atom. The third-order valence-electron chi connectivity index (χ3n) is 3.27. The maximum absolute atomic E-state index is 12.6. The molecule has 0 radical (unpaired) electrons. The third kappa shape index (κ3) is 4.22. The maximum Gasteiger partial charge on any atom is 0.254 e. The summed E-state index contributed by atoms with van der Waals surface area (Å²) in [6.45, 7) is 6.35. The van der Waals surface area contributed by atoms with E-state index in [9.17, 15) is 4.79 Å². The molecule has 1 amide bonds. The first-order valence-electron chi connectivity index (χ1n) is 6.72. The molecule has 1 aromatic carbocycles. The van der Waals surface area contributed by atoms with Gasteiger partial charge in [-0.15, -0.1) is 0 Å². The molecule has 1 N–H and O–H groups in total. The highest BCUT2D eigenvalue weighted by atomic mass is 35.5. The molecular weight excluding hydrogens is 262 g/mol. The summed E-state index contributed by atoms with van der Waals surface area (Å²) >= 11 is 6.00. The minimum atomic E-state index is -0.0617. The standard InChI is InChI=1S/C15H22ClNO2/c1-4-14(5-2)17(6-7-18)15(19)12-8-11(3)9-13(16)10-12/h8-10,14,18H,4-7H2,1-3H3. The first-order chi connectivity index (χ1) is 9.03. The lowest BCUT2D eigenvalue weighted by Crippen LogP contribution is -2.41. The Balaban J connectivity index is 3.04. The fourth-order valence-corrected chi connectivity index (χ4v) is 2.60. The number of carbonyl (C=O) groups excluding carboxylic acids is 1. The van der Waals surface area contributed by atoms with Crippen LogP contribution in [-0.2, 0) is 0 Å². The number of aryl methyl sites for hydroxylation is 1. The van der Waals surface area contributed by atoms with E-state index in [1.54, 1.807) is 11.0 Å². The molecule has 19 heavy (non-hydrogen) atoms. The highest BCUT2D eigenvalue weighted by Gasteiger charge is 2.22. The van der Waals surface area contributed by atoms with Gasteiger partial charge in [0.1, 0.15) is 0 Å². The molecule has 0 saturated carbocycles. The molecule has 0 aromatic heterocycles. The van der Waals surface area contributed by atoms with Crippen LogP contribution in [0.15, 0.2) is 18.2 Å². The van der Waals surface area contributed by atoms with Crippen molar-refractivity contribution >= 4 is 17.5 Å². The van der Waals surface area contributed by atoms with Crippen molar-refractivity contribution in [2.75, 3.05) is 13.2 Å². The predicted octanol–water partition coefficient (Wildman–Crippen LogP) is 3.27. The van der Waals surface area contributed by atoms with Gasteiger partial charge in [-0.3, -0.25) is 4.79 Å². The lowest BCUT2D eigenvalue weighted by molar-refractivity contribution is 0.0622. The second-order valence-electron chi connectivity index (χ2n) is 4.71. The summed E-state index contributed by atoms with van der Waals surface area (Å²) in [6.07, 6.45) is 1.75. The largest absolute Gasteiger partial charge is 0.395 e. The SMILES string of the molecule is CCC(CC)N(CCO)C(=O)c1cc(C)cc(Cl)c1. The number of nitrogens with zero attached hydrogens (tertiary/aromatic N) is 1. The zero-order valence-electron chi connectivity index (χ0n) is 11.8. The van der Waals surface area contributed by atoms with Crippen LogP contribution in [0.25, 0.3) is 0 Å². The molecule has 0 saturated heterocycles. The minimum Gasteiger partial charge on any atom is -0.395 e. The van der Waals surface area contributed by atoms with Crippen LogP contribution in [0, 0.1) is 6.92 Å². The van der Waals surface area contributed by atoms with Crippen molar-refractivity contribution in [2.24, 2.45) is 0 Å². The topological polar surface area (TPSA) is 40.5 Å². The molecule has 0 heterocycles. The molecular formula is C15H22ClNO2. The van der Waals surface area contributed by atoms with Gasteiger partial charge in [-0.1, -0.05) is 25.4 Å². The Hall–Kier alpha value is -1.06. The zero-order chi connectivity index (χ0) is 14.4. The highest BCUT2D eigenvalue weighted by Crippen LogP contribution is 2.18. The summed E-state index contributed by atoms with van der Waals surface area (Å²) in [5.41, 5.74) is 1.55. The molecule has 1 aromatic rings. The zero-order valence-corrected chi connectivity index (χ0v) is 12.6. The lowest BCUT2D eigenvalue weighted by Gasteiger charge is -2.30. The summed E-state index contributed by atoms with van der Waals surface area (Å²) in [5.74, 6) is -0.0617. The van der Waals surface area contributed by atoms with Crippen molar-refractivity contribution in [3.05, 3.63) is 34.3 Å². The minimum absolute atomic E-state index is 0.0260. The molecule has 0 unspecified atom stereocenters. The van der Waals surface area contributed by atoms with Crippen molar-refractivity contribution < 1.29 is 9.90 Å². The van der Waals surface area contributed by atoms with E-state index in [4.69, 9.17) is 16.7 Å². The van der Waals surface area contributed by atoms with Crippen molar-refractivity contribution in [3.8, 4) is 0 Å². The number of aliphatic hydroxyl groups excluding tert-OH is 1. The fraction of sp³-hybridized carbons (Fsp3) is 0.533. The van der Waals surface area contributed by atoms with Gasteiger partial charge in [0.25, 0.3) is 5.91 Å². The van der Waals surface area contributed by atoms with Crippen LogP contribution in [0.1, 0.15) is 42.6 Å². The molecule has 0 bridgehead atoms. The summed E-state index contributed by atoms with van der Waals surface area (Å²) in [5, 5.41) is 9.73. The Labute approximate surface area is 120 Å². The van der Waals surface area contributed by atoms with Crippen molar-refractivity contribution in [2.45, 2.75) is 39.7 Å². The molecule has 0 aliphatic heterocycles. The third-order valence-corrected chi connectivity index (χ3v) is 3.49. The van der Waals surface area contributed by atoms with Gasteiger partial charge in [0.15, 0.2) is 0 Å². The predicted molar refractivity (Wildman–Crippen MR) is 78.7 cm³/mol. The molecule has 106 valence electrons. The molecule has 4 heteroatoms. The smallest absolute Gasteiger partial charge is 0.254 e. The number of hydrogen-bond donors (Lipinski definition) is 1. The van der Waals surface area contributed by atoms with E-state index in [1.807, 2.05) is 19.1 Å². The van der Waals surface area contributed by atoms with E-state index in [1.165, 1.54) is 0 Å². The van der Waals surface area contributed by atoms with Crippen LogP contribution in [0.3, 0.4) is 0 Å². The number of halogens is 1. The Kier molecular flexibility index (Phi) is 6.32. The molecule has 0 fully saturated rings. The van der Waals surface area contributed by atoms with E-state index in [2.05, 4.69) is 13.8 Å². The monoisotopic (exact) mass is 283 g/mol. The molecule has 0 spiro atoms. The second-order valence-corrected chi connectivity index (χ2v) is 5.15. The van der Waals surface area contributed by atoms with E-state index < -0.39 is 0 Å². The number of aliphatic hydroxyl groups is 1. The Bertz CT molecular complexity index is 410. The summed E-state index contributed by atoms with van der Waals surface area (Å²) < 4.78 is 0. The number of carbonyl (C=O) groups is 1. The first kappa shape index (κ1) is 16.0. The molecule has 1 rings (SSSR count). The van der Waals surface area contributed by atoms with E-state index in [0.717, 1.165) is 18.4 Å². The molecule has 0 atom stereocenters. The van der Waals surface area contributed by atoms with E-state index in [0.29, 0.717) is 17.1 Å². The van der Waals surface area contributed by atoms with E-state index >= 15 is 0 Å².